The van der Waals surface area contributed by atoms with Gasteiger partial charge in [-0.05, 0) is 32.3 Å². The lowest BCUT2D eigenvalue weighted by Gasteiger charge is -2.24. The number of aromatic nitrogens is 2. The number of likely N-dealkylation sites (tertiary alicyclic amines) is 1. The maximum atomic E-state index is 14.2. The molecule has 24 heavy (non-hydrogen) atoms. The molecule has 128 valence electrons. The Morgan fingerprint density at radius 2 is 2.17 bits per heavy atom. The molecule has 2 heterocycles. The number of aromatic amines is 1. The number of halogens is 1. The van der Waals surface area contributed by atoms with Crippen LogP contribution in [0, 0.1) is 25.6 Å². The maximum absolute atomic E-state index is 14.2. The fourth-order valence-corrected chi connectivity index (χ4v) is 3.47. The highest BCUT2D eigenvalue weighted by atomic mass is 19.1. The van der Waals surface area contributed by atoms with Crippen LogP contribution in [0.5, 0.6) is 0 Å². The van der Waals surface area contributed by atoms with Crippen LogP contribution >= 0.6 is 0 Å². The summed E-state index contributed by atoms with van der Waals surface area (Å²) in [5.74, 6) is 0.126. The fourth-order valence-electron chi connectivity index (χ4n) is 3.47. The summed E-state index contributed by atoms with van der Waals surface area (Å²) in [4.78, 5) is 14.5. The Balaban J connectivity index is 1.73. The Morgan fingerprint density at radius 1 is 1.42 bits per heavy atom. The van der Waals surface area contributed by atoms with E-state index < -0.39 is 0 Å². The number of benzene rings is 1. The van der Waals surface area contributed by atoms with E-state index in [1.807, 2.05) is 26.0 Å². The Kier molecular flexibility index (Phi) is 4.66. The van der Waals surface area contributed by atoms with Crippen LogP contribution in [0.2, 0.25) is 0 Å². The van der Waals surface area contributed by atoms with Crippen LogP contribution in [0.1, 0.15) is 36.3 Å². The minimum Gasteiger partial charge on any atom is -0.322 e. The van der Waals surface area contributed by atoms with Crippen molar-refractivity contribution in [3.05, 3.63) is 47.0 Å². The van der Waals surface area contributed by atoms with Crippen molar-refractivity contribution in [2.24, 2.45) is 5.92 Å². The van der Waals surface area contributed by atoms with E-state index >= 15 is 0 Å². The van der Waals surface area contributed by atoms with Crippen LogP contribution < -0.4 is 5.32 Å². The van der Waals surface area contributed by atoms with Gasteiger partial charge >= 0.3 is 0 Å². The van der Waals surface area contributed by atoms with Gasteiger partial charge in [0.2, 0.25) is 5.91 Å². The lowest BCUT2D eigenvalue weighted by atomic mass is 10.0. The molecule has 1 aromatic carbocycles. The molecule has 1 saturated heterocycles. The number of carbonyl (C=O) groups excluding carboxylic acids is 1. The lowest BCUT2D eigenvalue weighted by molar-refractivity contribution is -0.117. The van der Waals surface area contributed by atoms with E-state index in [0.717, 1.165) is 30.0 Å². The van der Waals surface area contributed by atoms with Crippen LogP contribution in [-0.2, 0) is 4.79 Å². The van der Waals surface area contributed by atoms with Crippen LogP contribution in [-0.4, -0.2) is 34.1 Å². The average molecular weight is 330 g/mol. The van der Waals surface area contributed by atoms with E-state index in [1.165, 1.54) is 6.07 Å². The Labute approximate surface area is 141 Å². The summed E-state index contributed by atoms with van der Waals surface area (Å²) in [5, 5.41) is 9.86. The molecule has 1 amide bonds. The smallest absolute Gasteiger partial charge is 0.238 e. The second kappa shape index (κ2) is 6.73. The van der Waals surface area contributed by atoms with E-state index in [2.05, 4.69) is 27.3 Å². The molecule has 0 spiro atoms. The number of anilines is 1. The zero-order chi connectivity index (χ0) is 17.3. The molecule has 2 N–H and O–H groups in total. The maximum Gasteiger partial charge on any atom is 0.238 e. The SMILES string of the molecule is Cc1n[nH]c(C)c1NC(=O)CN1C[C@H](C)C[C@H]1c1ccccc1F. The van der Waals surface area contributed by atoms with Crippen molar-refractivity contribution in [2.75, 3.05) is 18.4 Å². The molecule has 5 nitrogen and oxygen atoms in total. The Bertz CT molecular complexity index is 723. The van der Waals surface area contributed by atoms with E-state index in [4.69, 9.17) is 0 Å². The molecule has 3 rings (SSSR count). The number of carbonyl (C=O) groups is 1. The molecule has 1 fully saturated rings. The molecule has 0 unspecified atom stereocenters. The Hall–Kier alpha value is -2.21. The number of hydrogen-bond donors (Lipinski definition) is 2. The molecular weight excluding hydrogens is 307 g/mol. The molecule has 0 aliphatic carbocycles. The number of hydrogen-bond acceptors (Lipinski definition) is 3. The number of amides is 1. The fraction of sp³-hybridized carbons (Fsp3) is 0.444. The Morgan fingerprint density at radius 3 is 2.83 bits per heavy atom. The molecule has 2 atom stereocenters. The first-order chi connectivity index (χ1) is 11.5. The van der Waals surface area contributed by atoms with Gasteiger partial charge < -0.3 is 5.32 Å². The topological polar surface area (TPSA) is 61.0 Å². The molecule has 0 saturated carbocycles. The second-order valence-electron chi connectivity index (χ2n) is 6.66. The van der Waals surface area contributed by atoms with Crippen molar-refractivity contribution in [1.29, 1.82) is 0 Å². The minimum absolute atomic E-state index is 0.0570. The number of nitrogens with one attached hydrogen (secondary N) is 2. The van der Waals surface area contributed by atoms with Crippen LogP contribution in [0.15, 0.2) is 24.3 Å². The lowest BCUT2D eigenvalue weighted by Crippen LogP contribution is -2.33. The van der Waals surface area contributed by atoms with E-state index in [9.17, 15) is 9.18 Å². The van der Waals surface area contributed by atoms with Crippen molar-refractivity contribution < 1.29 is 9.18 Å². The number of nitrogens with zero attached hydrogens (tertiary/aromatic N) is 2. The third-order valence-corrected chi connectivity index (χ3v) is 4.62. The van der Waals surface area contributed by atoms with Crippen molar-refractivity contribution in [3.8, 4) is 0 Å². The first-order valence-electron chi connectivity index (χ1n) is 8.25. The predicted molar refractivity (Wildman–Crippen MR) is 91.2 cm³/mol. The first-order valence-corrected chi connectivity index (χ1v) is 8.25. The average Bonchev–Trinajstić information content (AvgIpc) is 3.04. The van der Waals surface area contributed by atoms with Gasteiger partial charge in [0.1, 0.15) is 5.82 Å². The molecule has 1 aromatic heterocycles. The van der Waals surface area contributed by atoms with Gasteiger partial charge in [0.25, 0.3) is 0 Å². The van der Waals surface area contributed by atoms with Crippen LogP contribution in [0.25, 0.3) is 0 Å². The number of H-pyrrole nitrogens is 1. The quantitative estimate of drug-likeness (QED) is 0.905. The molecule has 0 bridgehead atoms. The molecule has 0 radical (unpaired) electrons. The zero-order valence-electron chi connectivity index (χ0n) is 14.3. The van der Waals surface area contributed by atoms with Crippen molar-refractivity contribution >= 4 is 11.6 Å². The van der Waals surface area contributed by atoms with Crippen molar-refractivity contribution in [3.63, 3.8) is 0 Å². The van der Waals surface area contributed by atoms with Crippen molar-refractivity contribution in [1.82, 2.24) is 15.1 Å². The monoisotopic (exact) mass is 330 g/mol. The van der Waals surface area contributed by atoms with Gasteiger partial charge in [0, 0.05) is 18.2 Å². The van der Waals surface area contributed by atoms with Gasteiger partial charge in [0.15, 0.2) is 0 Å². The van der Waals surface area contributed by atoms with Gasteiger partial charge in [0.05, 0.1) is 23.6 Å². The van der Waals surface area contributed by atoms with Gasteiger partial charge in [-0.1, -0.05) is 25.1 Å². The first kappa shape index (κ1) is 16.6. The molecule has 2 aromatic rings. The van der Waals surface area contributed by atoms with Gasteiger partial charge in [-0.2, -0.15) is 5.10 Å². The standard InChI is InChI=1S/C18H23FN4O/c1-11-8-16(14-6-4-5-7-15(14)19)23(9-11)10-17(24)20-18-12(2)21-22-13(18)3/h4-7,11,16H,8-10H2,1-3H3,(H,20,24)(H,21,22)/t11-,16+/m1/s1. The summed E-state index contributed by atoms with van der Waals surface area (Å²) < 4.78 is 14.2. The van der Waals surface area contributed by atoms with Crippen molar-refractivity contribution in [2.45, 2.75) is 33.2 Å². The van der Waals surface area contributed by atoms with Crippen LogP contribution in [0.4, 0.5) is 10.1 Å². The third kappa shape index (κ3) is 3.33. The van der Waals surface area contributed by atoms with E-state index in [1.54, 1.807) is 6.07 Å². The van der Waals surface area contributed by atoms with E-state index in [-0.39, 0.29) is 24.3 Å². The summed E-state index contributed by atoms with van der Waals surface area (Å²) in [7, 11) is 0. The zero-order valence-corrected chi connectivity index (χ0v) is 14.3. The van der Waals surface area contributed by atoms with E-state index in [0.29, 0.717) is 11.5 Å². The summed E-state index contributed by atoms with van der Waals surface area (Å²) in [5.41, 5.74) is 3.00. The minimum atomic E-state index is -0.205. The summed E-state index contributed by atoms with van der Waals surface area (Å²) >= 11 is 0. The summed E-state index contributed by atoms with van der Waals surface area (Å²) in [6, 6.07) is 6.78. The van der Waals surface area contributed by atoms with Gasteiger partial charge in [-0.25, -0.2) is 4.39 Å². The molecule has 1 aliphatic rings. The molecule has 1 aliphatic heterocycles. The third-order valence-electron chi connectivity index (χ3n) is 4.62. The summed E-state index contributed by atoms with van der Waals surface area (Å²) in [6.07, 6.45) is 0.859. The van der Waals surface area contributed by atoms with Gasteiger partial charge in [-0.3, -0.25) is 14.8 Å². The predicted octanol–water partition coefficient (Wildman–Crippen LogP) is 3.19. The molecule has 6 heteroatoms. The highest BCUT2D eigenvalue weighted by molar-refractivity contribution is 5.93. The normalized spacial score (nSPS) is 21.2. The van der Waals surface area contributed by atoms with Crippen LogP contribution in [0.3, 0.4) is 0 Å². The number of aryl methyl sites for hydroxylation is 2. The highest BCUT2D eigenvalue weighted by Crippen LogP contribution is 2.36. The van der Waals surface area contributed by atoms with Gasteiger partial charge in [-0.15, -0.1) is 0 Å². The molecular formula is C18H23FN4O. The summed E-state index contributed by atoms with van der Waals surface area (Å²) in [6.45, 7) is 6.88. The number of rotatable bonds is 4. The largest absolute Gasteiger partial charge is 0.322 e. The highest BCUT2D eigenvalue weighted by Gasteiger charge is 2.33. The second-order valence-corrected chi connectivity index (χ2v) is 6.66.